The van der Waals surface area contributed by atoms with Crippen LogP contribution in [0.25, 0.3) is 6.08 Å². The first-order chi connectivity index (χ1) is 19.4. The van der Waals surface area contributed by atoms with Crippen molar-refractivity contribution in [2.24, 2.45) is 0 Å². The summed E-state index contributed by atoms with van der Waals surface area (Å²) in [4.78, 5) is 12.0. The second-order valence-corrected chi connectivity index (χ2v) is 9.20. The molecule has 0 aliphatic heterocycles. The van der Waals surface area contributed by atoms with Gasteiger partial charge in [0.05, 0.1) is 25.2 Å². The number of alkyl halides is 5. The molecule has 0 saturated carbocycles. The van der Waals surface area contributed by atoms with E-state index < -0.39 is 36.8 Å². The van der Waals surface area contributed by atoms with Crippen LogP contribution in [0.15, 0.2) is 72.8 Å². The maximum Gasteiger partial charge on any atom is 0.426 e. The van der Waals surface area contributed by atoms with Crippen LogP contribution in [0.2, 0.25) is 0 Å². The summed E-state index contributed by atoms with van der Waals surface area (Å²) in [6.07, 6.45) is -3.23. The smallest absolute Gasteiger partial charge is 0.426 e. The lowest BCUT2D eigenvalue weighted by atomic mass is 10.0. The van der Waals surface area contributed by atoms with Crippen molar-refractivity contribution in [2.75, 3.05) is 24.7 Å². The highest BCUT2D eigenvalue weighted by Crippen LogP contribution is 2.33. The van der Waals surface area contributed by atoms with Gasteiger partial charge in [-0.2, -0.15) is 22.0 Å². The molecular weight excluding hydrogens is 547 g/mol. The quantitative estimate of drug-likeness (QED) is 0.0686. The molecule has 0 spiro atoms. The maximum absolute atomic E-state index is 14.6. The van der Waals surface area contributed by atoms with Gasteiger partial charge in [0.25, 0.3) is 0 Å². The SMILES string of the molecule is Nc1ccc(CCCCCOC(=O)/C=C/c2ccc(OC(F)(F)c3ccc(OCCC(F)(F)F)cc3)cc2)c(N)c1. The van der Waals surface area contributed by atoms with Crippen LogP contribution in [0.4, 0.5) is 33.3 Å². The Bertz CT molecular complexity index is 1290. The lowest BCUT2D eigenvalue weighted by Crippen LogP contribution is -2.21. The molecule has 41 heavy (non-hydrogen) atoms. The lowest BCUT2D eigenvalue weighted by Gasteiger charge is -2.18. The van der Waals surface area contributed by atoms with Crippen molar-refractivity contribution in [3.63, 3.8) is 0 Å². The van der Waals surface area contributed by atoms with Crippen LogP contribution in [0.5, 0.6) is 11.5 Å². The zero-order chi connectivity index (χ0) is 29.9. The first-order valence-corrected chi connectivity index (χ1v) is 12.9. The van der Waals surface area contributed by atoms with Crippen molar-refractivity contribution >= 4 is 23.4 Å². The molecular formula is C30H31F5N2O4. The van der Waals surface area contributed by atoms with Gasteiger partial charge in [0.15, 0.2) is 0 Å². The van der Waals surface area contributed by atoms with E-state index in [1.165, 1.54) is 36.4 Å². The number of halogens is 5. The predicted octanol–water partition coefficient (Wildman–Crippen LogP) is 7.28. The monoisotopic (exact) mass is 578 g/mol. The number of unbranched alkanes of at least 4 members (excludes halogenated alkanes) is 2. The zero-order valence-electron chi connectivity index (χ0n) is 22.1. The van der Waals surface area contributed by atoms with Crippen LogP contribution in [0.1, 0.15) is 42.4 Å². The number of nitrogens with two attached hydrogens (primary N) is 2. The first kappa shape index (κ1) is 31.3. The number of benzene rings is 3. The Morgan fingerprint density at radius 3 is 2.15 bits per heavy atom. The van der Waals surface area contributed by atoms with Gasteiger partial charge in [-0.05, 0) is 91.4 Å². The number of carbonyl (C=O) groups is 1. The van der Waals surface area contributed by atoms with Crippen molar-refractivity contribution in [1.29, 1.82) is 0 Å². The minimum atomic E-state index is -4.37. The second-order valence-electron chi connectivity index (χ2n) is 9.20. The van der Waals surface area contributed by atoms with Gasteiger partial charge in [-0.1, -0.05) is 18.2 Å². The Morgan fingerprint density at radius 2 is 1.49 bits per heavy atom. The normalized spacial score (nSPS) is 11.9. The van der Waals surface area contributed by atoms with Crippen molar-refractivity contribution in [3.8, 4) is 11.5 Å². The minimum Gasteiger partial charge on any atom is -0.493 e. The van der Waals surface area contributed by atoms with Crippen LogP contribution in [-0.4, -0.2) is 25.4 Å². The molecule has 3 rings (SSSR count). The Hall–Kier alpha value is -4.28. The van der Waals surface area contributed by atoms with Crippen molar-refractivity contribution in [3.05, 3.63) is 89.5 Å². The van der Waals surface area contributed by atoms with Gasteiger partial charge in [-0.3, -0.25) is 0 Å². The van der Waals surface area contributed by atoms with Crippen LogP contribution in [0, 0.1) is 0 Å². The number of esters is 1. The van der Waals surface area contributed by atoms with Gasteiger partial charge in [-0.15, -0.1) is 0 Å². The highest BCUT2D eigenvalue weighted by Gasteiger charge is 2.34. The molecule has 0 aromatic heterocycles. The molecule has 0 radical (unpaired) electrons. The Labute approximate surface area is 234 Å². The molecule has 0 atom stereocenters. The van der Waals surface area contributed by atoms with E-state index in [2.05, 4.69) is 0 Å². The molecule has 0 heterocycles. The summed E-state index contributed by atoms with van der Waals surface area (Å²) in [6.45, 7) is -0.348. The number of anilines is 2. The molecule has 6 nitrogen and oxygen atoms in total. The number of rotatable bonds is 14. The third kappa shape index (κ3) is 11.0. The average molecular weight is 579 g/mol. The Morgan fingerprint density at radius 1 is 0.805 bits per heavy atom. The standard InChI is InChI=1S/C30H31F5N2O4/c31-29(32,33)17-19-39-25-14-9-23(10-15-25)30(34,35)41-26-12-5-21(6-13-26)7-16-28(38)40-18-3-1-2-4-22-8-11-24(36)20-27(22)37/h5-16,20H,1-4,17-19,36-37H2/b16-7+. The third-order valence-electron chi connectivity index (χ3n) is 5.89. The molecule has 0 aliphatic rings. The highest BCUT2D eigenvalue weighted by atomic mass is 19.4. The van der Waals surface area contributed by atoms with E-state index in [1.807, 2.05) is 12.1 Å². The highest BCUT2D eigenvalue weighted by molar-refractivity contribution is 5.87. The van der Waals surface area contributed by atoms with Gasteiger partial charge >= 0.3 is 18.3 Å². The molecule has 0 saturated heterocycles. The number of carbonyl (C=O) groups excluding carboxylic acids is 1. The van der Waals surface area contributed by atoms with Crippen molar-refractivity contribution in [1.82, 2.24) is 0 Å². The lowest BCUT2D eigenvalue weighted by molar-refractivity contribution is -0.185. The van der Waals surface area contributed by atoms with E-state index in [0.29, 0.717) is 23.4 Å². The number of hydrogen-bond donors (Lipinski definition) is 2. The van der Waals surface area contributed by atoms with Crippen molar-refractivity contribution < 1.29 is 41.0 Å². The molecule has 220 valence electrons. The second kappa shape index (κ2) is 14.4. The van der Waals surface area contributed by atoms with Crippen molar-refractivity contribution in [2.45, 2.75) is 44.4 Å². The van der Waals surface area contributed by atoms with E-state index in [0.717, 1.165) is 49.1 Å². The van der Waals surface area contributed by atoms with Gasteiger partial charge in [0.1, 0.15) is 11.5 Å². The molecule has 3 aromatic carbocycles. The summed E-state index contributed by atoms with van der Waals surface area (Å²) in [5, 5.41) is 0. The van der Waals surface area contributed by atoms with Gasteiger partial charge < -0.3 is 25.7 Å². The Kier molecular flexibility index (Phi) is 11.0. The molecule has 0 unspecified atom stereocenters. The number of hydrogen-bond acceptors (Lipinski definition) is 6. The summed E-state index contributed by atoms with van der Waals surface area (Å²) >= 11 is 0. The summed E-state index contributed by atoms with van der Waals surface area (Å²) in [7, 11) is 0. The molecule has 0 amide bonds. The fourth-order valence-electron chi connectivity index (χ4n) is 3.70. The van der Waals surface area contributed by atoms with Gasteiger partial charge in [0.2, 0.25) is 0 Å². The van der Waals surface area contributed by atoms with Gasteiger partial charge in [-0.25, -0.2) is 4.79 Å². The maximum atomic E-state index is 14.6. The minimum absolute atomic E-state index is 0.0310. The van der Waals surface area contributed by atoms with E-state index in [1.54, 1.807) is 6.07 Å². The molecule has 3 aromatic rings. The van der Waals surface area contributed by atoms with Crippen LogP contribution >= 0.6 is 0 Å². The van der Waals surface area contributed by atoms with E-state index >= 15 is 0 Å². The molecule has 0 bridgehead atoms. The number of ether oxygens (including phenoxy) is 3. The zero-order valence-corrected chi connectivity index (χ0v) is 22.1. The van der Waals surface area contributed by atoms with Crippen LogP contribution < -0.4 is 20.9 Å². The number of aryl methyl sites for hydroxylation is 1. The fourth-order valence-corrected chi connectivity index (χ4v) is 3.70. The van der Waals surface area contributed by atoms with E-state index in [-0.39, 0.29) is 18.1 Å². The topological polar surface area (TPSA) is 96.8 Å². The molecule has 11 heteroatoms. The van der Waals surface area contributed by atoms with E-state index in [9.17, 15) is 26.7 Å². The third-order valence-corrected chi connectivity index (χ3v) is 5.89. The molecule has 0 aliphatic carbocycles. The molecule has 0 fully saturated rings. The first-order valence-electron chi connectivity index (χ1n) is 12.9. The summed E-state index contributed by atoms with van der Waals surface area (Å²) < 4.78 is 80.6. The summed E-state index contributed by atoms with van der Waals surface area (Å²) in [5.74, 6) is -0.616. The fraction of sp³-hybridized carbons (Fsp3) is 0.300. The van der Waals surface area contributed by atoms with Crippen LogP contribution in [0.3, 0.4) is 0 Å². The Balaban J connectivity index is 1.38. The summed E-state index contributed by atoms with van der Waals surface area (Å²) in [6, 6.07) is 15.4. The largest absolute Gasteiger partial charge is 0.493 e. The molecule has 4 N–H and O–H groups in total. The average Bonchev–Trinajstić information content (AvgIpc) is 2.90. The number of nitrogen functional groups attached to an aromatic ring is 2. The van der Waals surface area contributed by atoms with Crippen LogP contribution in [-0.2, 0) is 22.1 Å². The predicted molar refractivity (Wildman–Crippen MR) is 146 cm³/mol. The van der Waals surface area contributed by atoms with E-state index in [4.69, 9.17) is 25.7 Å². The van der Waals surface area contributed by atoms with Gasteiger partial charge in [0, 0.05) is 17.5 Å². The summed E-state index contributed by atoms with van der Waals surface area (Å²) in [5.41, 5.74) is 14.0.